The fourth-order valence-electron chi connectivity index (χ4n) is 6.54. The molecule has 0 spiro atoms. The van der Waals surface area contributed by atoms with E-state index in [4.69, 9.17) is 0 Å². The average molecular weight is 367 g/mol. The Morgan fingerprint density at radius 2 is 1.33 bits per heavy atom. The van der Waals surface area contributed by atoms with Gasteiger partial charge in [0.05, 0.1) is 5.41 Å². The van der Waals surface area contributed by atoms with Gasteiger partial charge in [0.2, 0.25) is 5.91 Å². The van der Waals surface area contributed by atoms with E-state index in [2.05, 4.69) is 10.2 Å². The molecule has 0 aromatic heterocycles. The number of nitrogens with one attached hydrogen (secondary N) is 1. The van der Waals surface area contributed by atoms with Crippen molar-refractivity contribution < 1.29 is 9.59 Å². The van der Waals surface area contributed by atoms with Gasteiger partial charge in [-0.15, -0.1) is 0 Å². The number of piperazine rings is 1. The highest BCUT2D eigenvalue weighted by atomic mass is 16.2. The van der Waals surface area contributed by atoms with E-state index in [-0.39, 0.29) is 11.4 Å². The molecule has 5 nitrogen and oxygen atoms in total. The molecule has 4 saturated carbocycles. The predicted molar refractivity (Wildman–Crippen MR) is 104 cm³/mol. The second-order valence-electron chi connectivity index (χ2n) is 9.27. The number of carbonyl (C=O) groups excluding carboxylic acids is 2. The quantitative estimate of drug-likeness (QED) is 0.869. The molecule has 1 saturated heterocycles. The number of hydrogen-bond donors (Lipinski definition) is 1. The van der Waals surface area contributed by atoms with E-state index in [9.17, 15) is 9.59 Å². The molecule has 0 atom stereocenters. The van der Waals surface area contributed by atoms with Gasteiger partial charge in [0.25, 0.3) is 0 Å². The Morgan fingerprint density at radius 3 is 1.89 bits per heavy atom. The first-order valence-electron chi connectivity index (χ1n) is 10.5. The Hall–Kier alpha value is -2.04. The Labute approximate surface area is 161 Å². The van der Waals surface area contributed by atoms with Gasteiger partial charge in [0, 0.05) is 31.9 Å². The van der Waals surface area contributed by atoms with Crippen molar-refractivity contribution in [3.63, 3.8) is 0 Å². The van der Waals surface area contributed by atoms with Crippen LogP contribution in [-0.2, 0) is 4.79 Å². The van der Waals surface area contributed by atoms with Crippen LogP contribution in [0.5, 0.6) is 0 Å². The van der Waals surface area contributed by atoms with Crippen molar-refractivity contribution in [2.75, 3.05) is 31.5 Å². The molecule has 0 radical (unpaired) electrons. The van der Waals surface area contributed by atoms with Crippen LogP contribution in [0.2, 0.25) is 0 Å². The minimum absolute atomic E-state index is 0.0663. The number of anilines is 1. The van der Waals surface area contributed by atoms with Crippen LogP contribution in [0.4, 0.5) is 10.5 Å². The summed E-state index contributed by atoms with van der Waals surface area (Å²) in [5.41, 5.74) is 0.748. The van der Waals surface area contributed by atoms with Crippen molar-refractivity contribution in [2.24, 2.45) is 23.2 Å². The highest BCUT2D eigenvalue weighted by Crippen LogP contribution is 2.60. The Morgan fingerprint density at radius 1 is 0.815 bits per heavy atom. The molecule has 1 N–H and O–H groups in total. The van der Waals surface area contributed by atoms with Crippen molar-refractivity contribution in [3.8, 4) is 0 Å². The van der Waals surface area contributed by atoms with Crippen LogP contribution in [0.1, 0.15) is 38.5 Å². The molecule has 1 aliphatic heterocycles. The van der Waals surface area contributed by atoms with E-state index in [1.807, 2.05) is 35.2 Å². The minimum Gasteiger partial charge on any atom is -0.339 e. The summed E-state index contributed by atoms with van der Waals surface area (Å²) in [5, 5.41) is 2.95. The number of hydrogen-bond acceptors (Lipinski definition) is 2. The van der Waals surface area contributed by atoms with Crippen LogP contribution < -0.4 is 5.32 Å². The fraction of sp³-hybridized carbons (Fsp3) is 0.636. The molecule has 27 heavy (non-hydrogen) atoms. The maximum Gasteiger partial charge on any atom is 0.321 e. The molecule has 6 rings (SSSR count). The summed E-state index contributed by atoms with van der Waals surface area (Å²) in [5.74, 6) is 2.76. The number of amides is 3. The summed E-state index contributed by atoms with van der Waals surface area (Å²) >= 11 is 0. The molecule has 1 heterocycles. The molecule has 5 fully saturated rings. The zero-order chi connectivity index (χ0) is 18.4. The average Bonchev–Trinajstić information content (AvgIpc) is 2.67. The summed E-state index contributed by atoms with van der Waals surface area (Å²) < 4.78 is 0. The lowest BCUT2D eigenvalue weighted by Gasteiger charge is -2.57. The second kappa shape index (κ2) is 6.54. The summed E-state index contributed by atoms with van der Waals surface area (Å²) in [4.78, 5) is 29.8. The molecular weight excluding hydrogens is 338 g/mol. The van der Waals surface area contributed by atoms with E-state index >= 15 is 0 Å². The molecule has 4 bridgehead atoms. The van der Waals surface area contributed by atoms with Crippen molar-refractivity contribution in [1.82, 2.24) is 9.80 Å². The van der Waals surface area contributed by atoms with Crippen LogP contribution in [-0.4, -0.2) is 47.9 Å². The topological polar surface area (TPSA) is 52.7 Å². The molecule has 5 heteroatoms. The summed E-state index contributed by atoms with van der Waals surface area (Å²) in [6.45, 7) is 2.58. The summed E-state index contributed by atoms with van der Waals surface area (Å²) in [6, 6.07) is 9.48. The van der Waals surface area contributed by atoms with Crippen LogP contribution in [0, 0.1) is 23.2 Å². The first kappa shape index (κ1) is 17.1. The van der Waals surface area contributed by atoms with Gasteiger partial charge in [-0.3, -0.25) is 4.79 Å². The third-order valence-electron chi connectivity index (χ3n) is 7.37. The Kier molecular flexibility index (Phi) is 4.14. The van der Waals surface area contributed by atoms with Gasteiger partial charge in [-0.05, 0) is 68.4 Å². The van der Waals surface area contributed by atoms with E-state index in [0.717, 1.165) is 42.7 Å². The lowest BCUT2D eigenvalue weighted by Crippen LogP contribution is -2.59. The second-order valence-corrected chi connectivity index (χ2v) is 9.27. The molecular formula is C22H29N3O2. The number of carbonyl (C=O) groups is 2. The van der Waals surface area contributed by atoms with Gasteiger partial charge in [0.1, 0.15) is 0 Å². The molecule has 144 valence electrons. The van der Waals surface area contributed by atoms with Gasteiger partial charge < -0.3 is 15.1 Å². The summed E-state index contributed by atoms with van der Waals surface area (Å²) in [6.07, 6.45) is 7.44. The van der Waals surface area contributed by atoms with Gasteiger partial charge in [-0.25, -0.2) is 4.79 Å². The van der Waals surface area contributed by atoms with Crippen LogP contribution in [0.25, 0.3) is 0 Å². The van der Waals surface area contributed by atoms with Crippen molar-refractivity contribution in [1.29, 1.82) is 0 Å². The molecule has 1 aromatic rings. The van der Waals surface area contributed by atoms with Crippen molar-refractivity contribution in [2.45, 2.75) is 38.5 Å². The zero-order valence-electron chi connectivity index (χ0n) is 15.9. The van der Waals surface area contributed by atoms with E-state index in [1.54, 1.807) is 0 Å². The third-order valence-corrected chi connectivity index (χ3v) is 7.37. The number of urea groups is 1. The molecule has 4 aliphatic carbocycles. The smallest absolute Gasteiger partial charge is 0.321 e. The number of nitrogens with zero attached hydrogens (tertiary/aromatic N) is 2. The number of rotatable bonds is 2. The van der Waals surface area contributed by atoms with Gasteiger partial charge in [-0.2, -0.15) is 0 Å². The fourth-order valence-corrected chi connectivity index (χ4v) is 6.54. The van der Waals surface area contributed by atoms with E-state index < -0.39 is 0 Å². The Bertz CT molecular complexity index is 689. The van der Waals surface area contributed by atoms with Crippen molar-refractivity contribution in [3.05, 3.63) is 30.3 Å². The SMILES string of the molecule is O=C(Nc1ccccc1)N1CCN(C(=O)C23CC4CC(CC(C4)C2)C3)CC1. The van der Waals surface area contributed by atoms with Crippen molar-refractivity contribution >= 4 is 17.6 Å². The number of para-hydroxylation sites is 1. The standard InChI is InChI=1S/C22H29N3O2/c26-20(22-13-16-10-17(14-22)12-18(11-16)15-22)24-6-8-25(9-7-24)21(27)23-19-4-2-1-3-5-19/h1-5,16-18H,6-15H2,(H,23,27). The third kappa shape index (κ3) is 3.11. The lowest BCUT2D eigenvalue weighted by atomic mass is 9.49. The number of benzene rings is 1. The zero-order valence-corrected chi connectivity index (χ0v) is 15.9. The molecule has 1 aromatic carbocycles. The summed E-state index contributed by atoms with van der Waals surface area (Å²) in [7, 11) is 0. The van der Waals surface area contributed by atoms with Crippen LogP contribution >= 0.6 is 0 Å². The maximum absolute atomic E-state index is 13.4. The van der Waals surface area contributed by atoms with E-state index in [0.29, 0.717) is 32.1 Å². The molecule has 5 aliphatic rings. The predicted octanol–water partition coefficient (Wildman–Crippen LogP) is 3.58. The first-order valence-corrected chi connectivity index (χ1v) is 10.5. The monoisotopic (exact) mass is 367 g/mol. The van der Waals surface area contributed by atoms with Gasteiger partial charge in [-0.1, -0.05) is 18.2 Å². The normalized spacial score (nSPS) is 34.6. The lowest BCUT2D eigenvalue weighted by molar-refractivity contribution is -0.159. The highest BCUT2D eigenvalue weighted by Gasteiger charge is 2.55. The van der Waals surface area contributed by atoms with Crippen LogP contribution in [0.3, 0.4) is 0 Å². The Balaban J connectivity index is 1.19. The molecule has 3 amide bonds. The van der Waals surface area contributed by atoms with Gasteiger partial charge in [0.15, 0.2) is 0 Å². The largest absolute Gasteiger partial charge is 0.339 e. The van der Waals surface area contributed by atoms with Gasteiger partial charge >= 0.3 is 6.03 Å². The highest BCUT2D eigenvalue weighted by molar-refractivity contribution is 5.89. The first-order chi connectivity index (χ1) is 13.1. The van der Waals surface area contributed by atoms with E-state index in [1.165, 1.54) is 19.3 Å². The maximum atomic E-state index is 13.4. The molecule has 0 unspecified atom stereocenters. The van der Waals surface area contributed by atoms with Crippen LogP contribution in [0.15, 0.2) is 30.3 Å². The minimum atomic E-state index is -0.0666.